The third-order valence-electron chi connectivity index (χ3n) is 9.14. The van der Waals surface area contributed by atoms with Gasteiger partial charge in [-0.3, -0.25) is 14.4 Å². The van der Waals surface area contributed by atoms with Crippen molar-refractivity contribution in [1.29, 1.82) is 0 Å². The molecule has 4 heterocycles. The fourth-order valence-electron chi connectivity index (χ4n) is 6.51. The molecule has 48 heavy (non-hydrogen) atoms. The number of piperazine rings is 1. The zero-order chi connectivity index (χ0) is 34.5. The van der Waals surface area contributed by atoms with Gasteiger partial charge in [0.1, 0.15) is 34.9 Å². The molecule has 1 aromatic heterocycles. The lowest BCUT2D eigenvalue weighted by Gasteiger charge is -2.43. The normalized spacial score (nSPS) is 23.4. The number of carbonyl (C=O) groups excluding carboxylic acids is 2. The number of fused-ring (bicyclic) bond motifs is 2. The molecule has 254 valence electrons. The highest BCUT2D eigenvalue weighted by Gasteiger charge is 2.64. The second-order valence-corrected chi connectivity index (χ2v) is 14.6. The highest BCUT2D eigenvalue weighted by atomic mass is 32.2. The summed E-state index contributed by atoms with van der Waals surface area (Å²) < 4.78 is 15.8. The van der Waals surface area contributed by atoms with Crippen molar-refractivity contribution in [3.63, 3.8) is 0 Å². The number of β-lactam (4-membered cyclic amide) rings is 1. The SMILES string of the molecule is CC1(C)S[C@@H]2[C@H](NC(=O)[C@H](N)c3ccccc3)C(=O)N2[C@H]1C(=O)O.O=C(O)c1cn(C2CC2)c2cc(N3CCNCC3)c(F)cc2c1=O. The molecule has 3 aromatic rings. The van der Waals surface area contributed by atoms with E-state index in [1.165, 1.54) is 28.9 Å². The average Bonchev–Trinajstić information content (AvgIpc) is 3.87. The molecular weight excluding hydrogens is 643 g/mol. The quantitative estimate of drug-likeness (QED) is 0.230. The number of nitrogens with two attached hydrogens (primary N) is 1. The largest absolute Gasteiger partial charge is 0.480 e. The van der Waals surface area contributed by atoms with Crippen LogP contribution in [0.1, 0.15) is 54.7 Å². The Morgan fingerprint density at radius 3 is 2.35 bits per heavy atom. The molecule has 15 heteroatoms. The molecule has 3 saturated heterocycles. The van der Waals surface area contributed by atoms with Gasteiger partial charge in [-0.2, -0.15) is 0 Å². The van der Waals surface area contributed by atoms with Gasteiger partial charge in [0.25, 0.3) is 0 Å². The first-order valence-corrected chi connectivity index (χ1v) is 16.6. The summed E-state index contributed by atoms with van der Waals surface area (Å²) >= 11 is 1.38. The summed E-state index contributed by atoms with van der Waals surface area (Å²) in [6.45, 7) is 6.54. The van der Waals surface area contributed by atoms with Gasteiger partial charge in [-0.25, -0.2) is 14.0 Å². The van der Waals surface area contributed by atoms with Gasteiger partial charge in [0, 0.05) is 48.6 Å². The van der Waals surface area contributed by atoms with E-state index >= 15 is 0 Å². The minimum atomic E-state index is -1.28. The molecule has 1 aliphatic carbocycles. The minimum Gasteiger partial charge on any atom is -0.480 e. The number of carboxylic acids is 2. The molecule has 0 bridgehead atoms. The Morgan fingerprint density at radius 2 is 1.75 bits per heavy atom. The van der Waals surface area contributed by atoms with E-state index in [2.05, 4.69) is 10.6 Å². The van der Waals surface area contributed by atoms with Crippen LogP contribution in [-0.4, -0.2) is 91.8 Å². The van der Waals surface area contributed by atoms with Crippen molar-refractivity contribution in [3.05, 3.63) is 75.8 Å². The number of nitrogens with one attached hydrogen (secondary N) is 2. The van der Waals surface area contributed by atoms with Crippen LogP contribution < -0.4 is 26.7 Å². The first kappa shape index (κ1) is 33.4. The molecule has 3 aliphatic heterocycles. The first-order valence-electron chi connectivity index (χ1n) is 15.7. The van der Waals surface area contributed by atoms with Crippen LogP contribution in [0, 0.1) is 5.82 Å². The van der Waals surface area contributed by atoms with E-state index in [9.17, 15) is 38.6 Å². The van der Waals surface area contributed by atoms with Gasteiger partial charge < -0.3 is 40.9 Å². The maximum absolute atomic E-state index is 14.6. The molecule has 4 aliphatic rings. The summed E-state index contributed by atoms with van der Waals surface area (Å²) in [6.07, 6.45) is 3.29. The standard InChI is InChI=1S/C17H18FN3O3.C16H19N3O4S/c18-13-7-11-14(8-15(13)20-5-3-19-4-6-20)21(10-1-2-10)9-12(16(11)22)17(23)24;1-16(2)11(15(22)23)19-13(21)10(14(19)24-16)18-12(20)9(17)8-6-4-3-5-7-8/h7-10,19H,1-6H2,(H,23,24);3-7,9-11,14H,17H2,1-2H3,(H,18,20)(H,22,23)/t;9-,10-,11+,14-/m.1/s1. The van der Waals surface area contributed by atoms with Crippen LogP contribution in [0.3, 0.4) is 0 Å². The van der Waals surface area contributed by atoms with Gasteiger partial charge in [0.2, 0.25) is 17.2 Å². The third kappa shape index (κ3) is 6.13. The lowest BCUT2D eigenvalue weighted by molar-refractivity contribution is -0.161. The van der Waals surface area contributed by atoms with Crippen LogP contribution in [-0.2, 0) is 14.4 Å². The predicted octanol–water partition coefficient (Wildman–Crippen LogP) is 1.90. The number of amides is 2. The fraction of sp³-hybridized carbons (Fsp3) is 0.424. The van der Waals surface area contributed by atoms with E-state index in [-0.39, 0.29) is 28.3 Å². The Labute approximate surface area is 279 Å². The molecule has 0 radical (unpaired) electrons. The number of aliphatic carboxylic acids is 1. The Hall–Kier alpha value is -4.47. The number of aromatic nitrogens is 1. The number of halogens is 1. The highest BCUT2D eigenvalue weighted by molar-refractivity contribution is 8.01. The summed E-state index contributed by atoms with van der Waals surface area (Å²) in [4.78, 5) is 63.2. The molecule has 6 N–H and O–H groups in total. The van der Waals surface area contributed by atoms with Gasteiger partial charge in [0.15, 0.2) is 0 Å². The number of benzene rings is 2. The number of thioether (sulfide) groups is 1. The lowest BCUT2D eigenvalue weighted by atomic mass is 9.95. The molecule has 4 fully saturated rings. The lowest BCUT2D eigenvalue weighted by Crippen LogP contribution is -2.71. The number of carboxylic acid groups (broad SMARTS) is 2. The van der Waals surface area contributed by atoms with Gasteiger partial charge in [0.05, 0.1) is 11.2 Å². The van der Waals surface area contributed by atoms with Crippen molar-refractivity contribution >= 4 is 52.1 Å². The molecule has 2 amide bonds. The topological polar surface area (TPSA) is 187 Å². The molecule has 13 nitrogen and oxygen atoms in total. The molecule has 4 atom stereocenters. The minimum absolute atomic E-state index is 0.137. The van der Waals surface area contributed by atoms with Gasteiger partial charge in [-0.15, -0.1) is 11.8 Å². The van der Waals surface area contributed by atoms with E-state index in [4.69, 9.17) is 5.73 Å². The Bertz CT molecular complexity index is 1840. The van der Waals surface area contributed by atoms with E-state index < -0.39 is 52.0 Å². The maximum atomic E-state index is 14.6. The Kier molecular flexibility index (Phi) is 8.96. The van der Waals surface area contributed by atoms with Crippen molar-refractivity contribution in [2.45, 2.75) is 61.0 Å². The smallest absolute Gasteiger partial charge is 0.341 e. The Balaban J connectivity index is 0.000000167. The van der Waals surface area contributed by atoms with E-state index in [0.29, 0.717) is 29.9 Å². The van der Waals surface area contributed by atoms with Crippen molar-refractivity contribution in [2.75, 3.05) is 31.1 Å². The number of pyridine rings is 1. The van der Waals surface area contributed by atoms with Crippen molar-refractivity contribution in [2.24, 2.45) is 5.73 Å². The summed E-state index contributed by atoms with van der Waals surface area (Å²) in [5.74, 6) is -3.61. The van der Waals surface area contributed by atoms with Crippen molar-refractivity contribution < 1.29 is 33.8 Å². The van der Waals surface area contributed by atoms with Crippen molar-refractivity contribution in [1.82, 2.24) is 20.1 Å². The van der Waals surface area contributed by atoms with E-state index in [1.807, 2.05) is 15.5 Å². The molecular formula is C33H37FN6O7S. The summed E-state index contributed by atoms with van der Waals surface area (Å²) in [7, 11) is 0. The number of hydrogen-bond donors (Lipinski definition) is 5. The first-order chi connectivity index (χ1) is 22.8. The predicted molar refractivity (Wildman–Crippen MR) is 178 cm³/mol. The van der Waals surface area contributed by atoms with Crippen LogP contribution in [0.5, 0.6) is 0 Å². The maximum Gasteiger partial charge on any atom is 0.341 e. The summed E-state index contributed by atoms with van der Waals surface area (Å²) in [5.41, 5.74) is 6.75. The highest BCUT2D eigenvalue weighted by Crippen LogP contribution is 2.50. The third-order valence-corrected chi connectivity index (χ3v) is 10.7. The molecule has 1 saturated carbocycles. The summed E-state index contributed by atoms with van der Waals surface area (Å²) in [5, 5.41) is 24.3. The zero-order valence-electron chi connectivity index (χ0n) is 26.4. The van der Waals surface area contributed by atoms with Crippen molar-refractivity contribution in [3.8, 4) is 0 Å². The Morgan fingerprint density at radius 1 is 1.08 bits per heavy atom. The second kappa shape index (κ2) is 12.9. The number of rotatable bonds is 7. The fourth-order valence-corrected chi connectivity index (χ4v) is 8.14. The monoisotopic (exact) mass is 680 g/mol. The van der Waals surface area contributed by atoms with E-state index in [1.54, 1.807) is 44.2 Å². The molecule has 0 spiro atoms. The van der Waals surface area contributed by atoms with Crippen LogP contribution in [0.2, 0.25) is 0 Å². The second-order valence-electron chi connectivity index (χ2n) is 12.8. The number of nitrogens with zero attached hydrogens (tertiary/aromatic N) is 3. The molecule has 0 unspecified atom stereocenters. The number of hydrogen-bond acceptors (Lipinski definition) is 9. The van der Waals surface area contributed by atoms with Crippen LogP contribution >= 0.6 is 11.8 Å². The average molecular weight is 681 g/mol. The summed E-state index contributed by atoms with van der Waals surface area (Å²) in [6, 6.07) is 9.45. The van der Waals surface area contributed by atoms with Crippen LogP contribution in [0.25, 0.3) is 10.9 Å². The number of carbonyl (C=O) groups is 4. The number of aromatic carboxylic acids is 1. The van der Waals surface area contributed by atoms with Gasteiger partial charge >= 0.3 is 11.9 Å². The molecule has 7 rings (SSSR count). The van der Waals surface area contributed by atoms with Gasteiger partial charge in [-0.1, -0.05) is 30.3 Å². The van der Waals surface area contributed by atoms with Crippen LogP contribution in [0.15, 0.2) is 53.5 Å². The van der Waals surface area contributed by atoms with Gasteiger partial charge in [-0.05, 0) is 44.4 Å². The zero-order valence-corrected chi connectivity index (χ0v) is 27.2. The molecule has 2 aromatic carbocycles. The number of anilines is 1. The van der Waals surface area contributed by atoms with E-state index in [0.717, 1.165) is 25.9 Å². The van der Waals surface area contributed by atoms with Crippen LogP contribution in [0.4, 0.5) is 10.1 Å².